The van der Waals surface area contributed by atoms with Crippen molar-refractivity contribution in [3.8, 4) is 17.7 Å². The SMILES string of the molecule is N#Cc1nc(-c2ccco2)oc1N1CCN(CC(=O)N2CCCC2c2cccs2)CC1. The normalized spacial score (nSPS) is 19.6. The second kappa shape index (κ2) is 8.57. The summed E-state index contributed by atoms with van der Waals surface area (Å²) in [6.45, 7) is 4.05. The third-order valence-electron chi connectivity index (χ3n) is 5.91. The van der Waals surface area contributed by atoms with Crippen molar-refractivity contribution >= 4 is 23.1 Å². The molecule has 2 aliphatic rings. The standard InChI is InChI=1S/C22H23N5O3S/c23-14-16-22(30-21(24-16)18-5-2-12-29-18)26-10-8-25(9-11-26)15-20(28)27-7-1-4-17(27)19-6-3-13-31-19/h2-3,5-6,12-13,17H,1,4,7-11,15H2. The van der Waals surface area contributed by atoms with Crippen LogP contribution in [0, 0.1) is 11.3 Å². The van der Waals surface area contributed by atoms with E-state index in [-0.39, 0.29) is 17.6 Å². The number of nitrogens with zero attached hydrogens (tertiary/aromatic N) is 5. The first-order valence-corrected chi connectivity index (χ1v) is 11.4. The number of rotatable bonds is 5. The Morgan fingerprint density at radius 2 is 2.10 bits per heavy atom. The summed E-state index contributed by atoms with van der Waals surface area (Å²) in [5.74, 6) is 1.47. The largest absolute Gasteiger partial charge is 0.459 e. The Morgan fingerprint density at radius 3 is 2.81 bits per heavy atom. The van der Waals surface area contributed by atoms with Gasteiger partial charge < -0.3 is 18.6 Å². The van der Waals surface area contributed by atoms with Crippen LogP contribution in [0.5, 0.6) is 0 Å². The fourth-order valence-corrected chi connectivity index (χ4v) is 5.21. The average Bonchev–Trinajstić information content (AvgIpc) is 3.59. The van der Waals surface area contributed by atoms with Gasteiger partial charge in [0.15, 0.2) is 5.76 Å². The number of amides is 1. The van der Waals surface area contributed by atoms with Gasteiger partial charge in [-0.25, -0.2) is 0 Å². The maximum absolute atomic E-state index is 13.0. The summed E-state index contributed by atoms with van der Waals surface area (Å²) < 4.78 is 11.2. The molecule has 0 spiro atoms. The number of hydrogen-bond acceptors (Lipinski definition) is 8. The Bertz CT molecular complexity index is 1060. The second-order valence-electron chi connectivity index (χ2n) is 7.79. The monoisotopic (exact) mass is 437 g/mol. The summed E-state index contributed by atoms with van der Waals surface area (Å²) in [4.78, 5) is 24.8. The molecular formula is C22H23N5O3S. The summed E-state index contributed by atoms with van der Waals surface area (Å²) in [7, 11) is 0. The third-order valence-corrected chi connectivity index (χ3v) is 6.88. The van der Waals surface area contributed by atoms with Crippen molar-refractivity contribution in [3.05, 3.63) is 46.5 Å². The highest BCUT2D eigenvalue weighted by Gasteiger charge is 2.32. The average molecular weight is 438 g/mol. The van der Waals surface area contributed by atoms with Crippen molar-refractivity contribution in [1.29, 1.82) is 5.26 Å². The zero-order valence-electron chi connectivity index (χ0n) is 17.1. The van der Waals surface area contributed by atoms with Crippen molar-refractivity contribution in [2.45, 2.75) is 18.9 Å². The molecule has 5 rings (SSSR count). The van der Waals surface area contributed by atoms with E-state index in [0.29, 0.717) is 37.2 Å². The van der Waals surface area contributed by atoms with E-state index in [1.807, 2.05) is 9.80 Å². The Labute approximate surface area is 184 Å². The van der Waals surface area contributed by atoms with E-state index in [9.17, 15) is 10.1 Å². The number of carbonyl (C=O) groups is 1. The molecular weight excluding hydrogens is 414 g/mol. The molecule has 2 fully saturated rings. The molecule has 2 aliphatic heterocycles. The van der Waals surface area contributed by atoms with Crippen molar-refractivity contribution in [1.82, 2.24) is 14.8 Å². The molecule has 160 valence electrons. The van der Waals surface area contributed by atoms with E-state index < -0.39 is 0 Å². The van der Waals surface area contributed by atoms with Crippen molar-refractivity contribution in [2.24, 2.45) is 0 Å². The zero-order chi connectivity index (χ0) is 21.2. The molecule has 0 aliphatic carbocycles. The minimum absolute atomic E-state index is 0.196. The molecule has 3 aromatic heterocycles. The van der Waals surface area contributed by atoms with Gasteiger partial charge in [0.1, 0.15) is 6.07 Å². The maximum Gasteiger partial charge on any atom is 0.266 e. The van der Waals surface area contributed by atoms with E-state index in [4.69, 9.17) is 8.83 Å². The van der Waals surface area contributed by atoms with Crippen LogP contribution in [0.15, 0.2) is 44.7 Å². The van der Waals surface area contributed by atoms with E-state index in [1.54, 1.807) is 29.7 Å². The first kappa shape index (κ1) is 19.8. The molecule has 9 heteroatoms. The molecule has 0 radical (unpaired) electrons. The highest BCUT2D eigenvalue weighted by molar-refractivity contribution is 7.10. The molecule has 3 aromatic rings. The smallest absolute Gasteiger partial charge is 0.266 e. The van der Waals surface area contributed by atoms with Gasteiger partial charge in [-0.3, -0.25) is 9.69 Å². The van der Waals surface area contributed by atoms with Crippen LogP contribution in [-0.4, -0.2) is 60.0 Å². The number of nitriles is 1. The molecule has 31 heavy (non-hydrogen) atoms. The highest BCUT2D eigenvalue weighted by atomic mass is 32.1. The predicted octanol–water partition coefficient (Wildman–Crippen LogP) is 3.35. The van der Waals surface area contributed by atoms with Gasteiger partial charge in [-0.15, -0.1) is 11.3 Å². The second-order valence-corrected chi connectivity index (χ2v) is 8.76. The lowest BCUT2D eigenvalue weighted by Gasteiger charge is -2.35. The molecule has 1 unspecified atom stereocenters. The van der Waals surface area contributed by atoms with Crippen LogP contribution in [0.2, 0.25) is 0 Å². The number of anilines is 1. The van der Waals surface area contributed by atoms with Gasteiger partial charge in [0.2, 0.25) is 17.5 Å². The van der Waals surface area contributed by atoms with Crippen LogP contribution in [-0.2, 0) is 4.79 Å². The fraction of sp³-hybridized carbons (Fsp3) is 0.409. The highest BCUT2D eigenvalue weighted by Crippen LogP contribution is 2.34. The molecule has 0 saturated carbocycles. The number of aromatic nitrogens is 1. The molecule has 1 amide bonds. The topological polar surface area (TPSA) is 89.7 Å². The summed E-state index contributed by atoms with van der Waals surface area (Å²) >= 11 is 1.73. The third kappa shape index (κ3) is 3.96. The van der Waals surface area contributed by atoms with Gasteiger partial charge in [-0.05, 0) is 36.4 Å². The van der Waals surface area contributed by atoms with Crippen LogP contribution >= 0.6 is 11.3 Å². The van der Waals surface area contributed by atoms with Crippen molar-refractivity contribution < 1.29 is 13.6 Å². The molecule has 8 nitrogen and oxygen atoms in total. The summed E-state index contributed by atoms with van der Waals surface area (Å²) in [5.41, 5.74) is 0.256. The number of piperazine rings is 1. The molecule has 2 saturated heterocycles. The molecule has 1 atom stereocenters. The van der Waals surface area contributed by atoms with Crippen molar-refractivity contribution in [3.63, 3.8) is 0 Å². The van der Waals surface area contributed by atoms with Crippen LogP contribution < -0.4 is 4.90 Å². The first-order chi connectivity index (χ1) is 15.2. The van der Waals surface area contributed by atoms with E-state index in [0.717, 1.165) is 32.5 Å². The van der Waals surface area contributed by atoms with E-state index in [1.165, 1.54) is 4.88 Å². The predicted molar refractivity (Wildman–Crippen MR) is 116 cm³/mol. The minimum atomic E-state index is 0.196. The lowest BCUT2D eigenvalue weighted by molar-refractivity contribution is -0.133. The number of oxazole rings is 1. The lowest BCUT2D eigenvalue weighted by Crippen LogP contribution is -2.50. The molecule has 0 aromatic carbocycles. The Hall–Kier alpha value is -3.09. The number of hydrogen-bond donors (Lipinski definition) is 0. The Balaban J connectivity index is 1.20. The van der Waals surface area contributed by atoms with E-state index in [2.05, 4.69) is 33.5 Å². The van der Waals surface area contributed by atoms with Crippen molar-refractivity contribution in [2.75, 3.05) is 44.2 Å². The zero-order valence-corrected chi connectivity index (χ0v) is 17.9. The molecule has 0 N–H and O–H groups in total. The van der Waals surface area contributed by atoms with Gasteiger partial charge in [0.25, 0.3) is 5.89 Å². The first-order valence-electron chi connectivity index (χ1n) is 10.5. The van der Waals surface area contributed by atoms with Gasteiger partial charge in [-0.2, -0.15) is 10.2 Å². The summed E-state index contributed by atoms with van der Waals surface area (Å²) in [6.07, 6.45) is 3.65. The number of carbonyl (C=O) groups excluding carboxylic acids is 1. The minimum Gasteiger partial charge on any atom is -0.459 e. The number of thiophene rings is 1. The number of likely N-dealkylation sites (tertiary alicyclic amines) is 1. The molecule has 5 heterocycles. The van der Waals surface area contributed by atoms with Crippen LogP contribution in [0.4, 0.5) is 5.88 Å². The van der Waals surface area contributed by atoms with Gasteiger partial charge in [-0.1, -0.05) is 6.07 Å². The lowest BCUT2D eigenvalue weighted by atomic mass is 10.2. The number of furan rings is 1. The van der Waals surface area contributed by atoms with E-state index >= 15 is 0 Å². The van der Waals surface area contributed by atoms with Crippen LogP contribution in [0.1, 0.15) is 29.5 Å². The van der Waals surface area contributed by atoms with Gasteiger partial charge in [0.05, 0.1) is 18.8 Å². The summed E-state index contributed by atoms with van der Waals surface area (Å²) in [6, 6.07) is 10.0. The molecule has 0 bridgehead atoms. The Kier molecular flexibility index (Phi) is 5.49. The maximum atomic E-state index is 13.0. The van der Waals surface area contributed by atoms with Crippen LogP contribution in [0.3, 0.4) is 0 Å². The van der Waals surface area contributed by atoms with Gasteiger partial charge in [0, 0.05) is 37.6 Å². The summed E-state index contributed by atoms with van der Waals surface area (Å²) in [5, 5.41) is 11.5. The Morgan fingerprint density at radius 1 is 1.23 bits per heavy atom. The van der Waals surface area contributed by atoms with Crippen LogP contribution in [0.25, 0.3) is 11.7 Å². The quantitative estimate of drug-likeness (QED) is 0.605. The fourth-order valence-electron chi connectivity index (χ4n) is 4.34. The van der Waals surface area contributed by atoms with Gasteiger partial charge >= 0.3 is 0 Å².